The lowest BCUT2D eigenvalue weighted by atomic mass is 10.1. The van der Waals surface area contributed by atoms with Crippen molar-refractivity contribution in [2.45, 2.75) is 31.0 Å². The summed E-state index contributed by atoms with van der Waals surface area (Å²) in [5.74, 6) is -0.325. The molecule has 0 atom stereocenters. The summed E-state index contributed by atoms with van der Waals surface area (Å²) in [6.07, 6.45) is 1.33. The van der Waals surface area contributed by atoms with Gasteiger partial charge in [0.2, 0.25) is 11.0 Å². The molecule has 9 nitrogen and oxygen atoms in total. The molecule has 166 valence electrons. The van der Waals surface area contributed by atoms with Crippen molar-refractivity contribution in [1.29, 1.82) is 0 Å². The highest BCUT2D eigenvalue weighted by Gasteiger charge is 2.25. The lowest BCUT2D eigenvalue weighted by Crippen LogP contribution is -2.24. The number of anilines is 3. The normalized spacial score (nSPS) is 13.9. The average molecular weight is 472 g/mol. The van der Waals surface area contributed by atoms with E-state index in [-0.39, 0.29) is 21.3 Å². The first-order valence-corrected chi connectivity index (χ1v) is 12.2. The van der Waals surface area contributed by atoms with Crippen LogP contribution in [0.25, 0.3) is 0 Å². The molecule has 0 unspecified atom stereocenters. The third-order valence-corrected chi connectivity index (χ3v) is 7.65. The van der Waals surface area contributed by atoms with Crippen LogP contribution in [0.1, 0.15) is 34.3 Å². The van der Waals surface area contributed by atoms with Gasteiger partial charge in [0.05, 0.1) is 0 Å². The highest BCUT2D eigenvalue weighted by Crippen LogP contribution is 2.29. The number of sulfonamides is 1. The van der Waals surface area contributed by atoms with E-state index in [1.165, 1.54) is 0 Å². The van der Waals surface area contributed by atoms with Crippen molar-refractivity contribution < 1.29 is 18.0 Å². The maximum atomic E-state index is 12.7. The summed E-state index contributed by atoms with van der Waals surface area (Å²) in [6.45, 7) is 4.29. The van der Waals surface area contributed by atoms with E-state index in [1.807, 2.05) is 26.0 Å². The molecule has 2 aromatic carbocycles. The second-order valence-electron chi connectivity index (χ2n) is 7.40. The zero-order chi connectivity index (χ0) is 22.9. The molecule has 1 aromatic heterocycles. The molecule has 1 aliphatic heterocycles. The van der Waals surface area contributed by atoms with E-state index in [0.29, 0.717) is 24.2 Å². The topological polar surface area (TPSA) is 121 Å². The van der Waals surface area contributed by atoms with Crippen LogP contribution in [-0.2, 0) is 14.8 Å². The number of aryl methyl sites for hydroxylation is 2. The van der Waals surface area contributed by atoms with Gasteiger partial charge in [-0.05, 0) is 55.7 Å². The maximum absolute atomic E-state index is 12.7. The third kappa shape index (κ3) is 4.48. The average Bonchev–Trinajstić information content (AvgIpc) is 3.38. The molecule has 1 fully saturated rings. The fraction of sp³-hybridized carbons (Fsp3) is 0.238. The predicted octanol–water partition coefficient (Wildman–Crippen LogP) is 3.33. The quantitative estimate of drug-likeness (QED) is 0.532. The molecule has 2 heterocycles. The van der Waals surface area contributed by atoms with Crippen LogP contribution in [0.3, 0.4) is 0 Å². The Hall–Kier alpha value is -3.31. The van der Waals surface area contributed by atoms with Gasteiger partial charge in [-0.2, -0.15) is 8.42 Å². The van der Waals surface area contributed by atoms with E-state index in [4.69, 9.17) is 0 Å². The van der Waals surface area contributed by atoms with Crippen LogP contribution in [0, 0.1) is 13.8 Å². The Morgan fingerprint density at radius 2 is 1.88 bits per heavy atom. The Bertz CT molecular complexity index is 1300. The molecule has 11 heteroatoms. The molecule has 32 heavy (non-hydrogen) atoms. The van der Waals surface area contributed by atoms with Crippen LogP contribution >= 0.6 is 11.3 Å². The van der Waals surface area contributed by atoms with Gasteiger partial charge < -0.3 is 4.90 Å². The van der Waals surface area contributed by atoms with Crippen molar-refractivity contribution in [2.75, 3.05) is 21.5 Å². The van der Waals surface area contributed by atoms with Gasteiger partial charge in [-0.25, -0.2) is 0 Å². The third-order valence-electron chi connectivity index (χ3n) is 5.06. The van der Waals surface area contributed by atoms with Crippen LogP contribution in [-0.4, -0.2) is 37.0 Å². The molecule has 0 aliphatic carbocycles. The molecule has 1 aliphatic rings. The van der Waals surface area contributed by atoms with Crippen molar-refractivity contribution in [2.24, 2.45) is 0 Å². The lowest BCUT2D eigenvalue weighted by Gasteiger charge is -2.19. The number of carbonyl (C=O) groups excluding carboxylic acids is 2. The van der Waals surface area contributed by atoms with Crippen molar-refractivity contribution in [3.63, 3.8) is 0 Å². The first-order valence-electron chi connectivity index (χ1n) is 9.89. The van der Waals surface area contributed by atoms with Gasteiger partial charge in [-0.3, -0.25) is 19.6 Å². The van der Waals surface area contributed by atoms with E-state index in [2.05, 4.69) is 20.2 Å². The number of aromatic nitrogens is 2. The zero-order valence-electron chi connectivity index (χ0n) is 17.5. The molecule has 2 N–H and O–H groups in total. The number of carbonyl (C=O) groups is 2. The van der Waals surface area contributed by atoms with Gasteiger partial charge in [-0.15, -0.1) is 10.2 Å². The van der Waals surface area contributed by atoms with Crippen molar-refractivity contribution in [1.82, 2.24) is 10.2 Å². The van der Waals surface area contributed by atoms with E-state index < -0.39 is 10.0 Å². The van der Waals surface area contributed by atoms with Crippen molar-refractivity contribution >= 4 is 49.7 Å². The standard InChI is InChI=1S/C21H21N5O4S2/c1-13-6-3-4-7-16(13)19(28)22-20-23-24-21(31-20)32(29,30)25-15-9-10-17(14(2)12-15)26-11-5-8-18(26)27/h3-4,6-7,9-10,12,25H,5,8,11H2,1-2H3,(H,22,23,28). The highest BCUT2D eigenvalue weighted by atomic mass is 32.2. The van der Waals surface area contributed by atoms with Crippen molar-refractivity contribution in [3.05, 3.63) is 59.2 Å². The molecular formula is C21H21N5O4S2. The number of amides is 2. The number of nitrogens with zero attached hydrogens (tertiary/aromatic N) is 3. The smallest absolute Gasteiger partial charge is 0.291 e. The fourth-order valence-corrected chi connectivity index (χ4v) is 5.43. The summed E-state index contributed by atoms with van der Waals surface area (Å²) < 4.78 is 27.7. The molecule has 0 radical (unpaired) electrons. The Balaban J connectivity index is 1.48. The Morgan fingerprint density at radius 3 is 2.56 bits per heavy atom. The minimum absolute atomic E-state index is 0.0653. The van der Waals surface area contributed by atoms with E-state index in [1.54, 1.807) is 35.2 Å². The van der Waals surface area contributed by atoms with Gasteiger partial charge in [-0.1, -0.05) is 29.5 Å². The van der Waals surface area contributed by atoms with Gasteiger partial charge in [0.1, 0.15) is 0 Å². The summed E-state index contributed by atoms with van der Waals surface area (Å²) in [5.41, 5.74) is 3.16. The van der Waals surface area contributed by atoms with Crippen LogP contribution in [0.15, 0.2) is 46.8 Å². The van der Waals surface area contributed by atoms with Crippen LogP contribution < -0.4 is 14.9 Å². The van der Waals surface area contributed by atoms with E-state index in [0.717, 1.165) is 34.6 Å². The predicted molar refractivity (Wildman–Crippen MR) is 123 cm³/mol. The van der Waals surface area contributed by atoms with Gasteiger partial charge >= 0.3 is 0 Å². The summed E-state index contributed by atoms with van der Waals surface area (Å²) in [6, 6.07) is 12.0. The number of hydrogen-bond acceptors (Lipinski definition) is 7. The fourth-order valence-electron chi connectivity index (χ4n) is 3.48. The van der Waals surface area contributed by atoms with Gasteiger partial charge in [0.25, 0.3) is 20.3 Å². The Morgan fingerprint density at radius 1 is 1.09 bits per heavy atom. The lowest BCUT2D eigenvalue weighted by molar-refractivity contribution is -0.117. The van der Waals surface area contributed by atoms with E-state index in [9.17, 15) is 18.0 Å². The second kappa shape index (κ2) is 8.67. The van der Waals surface area contributed by atoms with Gasteiger partial charge in [0, 0.05) is 29.9 Å². The van der Waals surface area contributed by atoms with Crippen LogP contribution in [0.2, 0.25) is 0 Å². The molecule has 3 aromatic rings. The maximum Gasteiger partial charge on any atom is 0.291 e. The van der Waals surface area contributed by atoms with E-state index >= 15 is 0 Å². The minimum Gasteiger partial charge on any atom is -0.312 e. The molecule has 4 rings (SSSR count). The molecule has 1 saturated heterocycles. The first kappa shape index (κ1) is 21.9. The monoisotopic (exact) mass is 471 g/mol. The number of hydrogen-bond donors (Lipinski definition) is 2. The summed E-state index contributed by atoms with van der Waals surface area (Å²) in [5, 5.41) is 10.2. The summed E-state index contributed by atoms with van der Waals surface area (Å²) in [4.78, 5) is 26.1. The largest absolute Gasteiger partial charge is 0.312 e. The highest BCUT2D eigenvalue weighted by molar-refractivity contribution is 7.94. The first-order chi connectivity index (χ1) is 15.2. The molecule has 0 saturated carbocycles. The minimum atomic E-state index is -4.00. The summed E-state index contributed by atoms with van der Waals surface area (Å²) >= 11 is 0.758. The molecular weight excluding hydrogens is 450 g/mol. The number of benzene rings is 2. The molecule has 0 spiro atoms. The SMILES string of the molecule is Cc1ccccc1C(=O)Nc1nnc(S(=O)(=O)Nc2ccc(N3CCCC3=O)c(C)c2)s1. The molecule has 0 bridgehead atoms. The Labute approximate surface area is 189 Å². The summed E-state index contributed by atoms with van der Waals surface area (Å²) in [7, 11) is -4.00. The van der Waals surface area contributed by atoms with Crippen LogP contribution in [0.5, 0.6) is 0 Å². The number of rotatable bonds is 6. The van der Waals surface area contributed by atoms with Gasteiger partial charge in [0.15, 0.2) is 0 Å². The Kier molecular flexibility index (Phi) is 5.94. The second-order valence-corrected chi connectivity index (χ2v) is 10.2. The van der Waals surface area contributed by atoms with Crippen LogP contribution in [0.4, 0.5) is 16.5 Å². The zero-order valence-corrected chi connectivity index (χ0v) is 19.1. The number of nitrogens with one attached hydrogen (secondary N) is 2. The molecule has 2 amide bonds. The van der Waals surface area contributed by atoms with Crippen molar-refractivity contribution in [3.8, 4) is 0 Å².